The minimum absolute atomic E-state index is 0.159. The predicted octanol–water partition coefficient (Wildman–Crippen LogP) is 3.29. The number of benzene rings is 1. The Morgan fingerprint density at radius 3 is 2.79 bits per heavy atom. The smallest absolute Gasteiger partial charge is 0.136 e. The Morgan fingerprint density at radius 2 is 2.07 bits per heavy atom. The van der Waals surface area contributed by atoms with Gasteiger partial charge in [-0.05, 0) is 30.7 Å². The van der Waals surface area contributed by atoms with Gasteiger partial charge in [0, 0.05) is 11.3 Å². The summed E-state index contributed by atoms with van der Waals surface area (Å²) in [5.41, 5.74) is 0. The molecule has 1 aromatic rings. The highest BCUT2D eigenvalue weighted by atomic mass is 32.2. The highest BCUT2D eigenvalue weighted by Crippen LogP contribution is 2.22. The van der Waals surface area contributed by atoms with Crippen LogP contribution >= 0.6 is 11.8 Å². The molecule has 0 saturated heterocycles. The van der Waals surface area contributed by atoms with Crippen molar-refractivity contribution in [3.8, 4) is 0 Å². The monoisotopic (exact) mass is 212 g/mol. The number of carbonyl (C=O) groups excluding carboxylic acids is 1. The van der Waals surface area contributed by atoms with Crippen LogP contribution in [0.15, 0.2) is 29.2 Å². The first kappa shape index (κ1) is 11.2. The van der Waals surface area contributed by atoms with Crippen molar-refractivity contribution in [3.05, 3.63) is 30.1 Å². The molecule has 0 unspecified atom stereocenters. The summed E-state index contributed by atoms with van der Waals surface area (Å²) in [6.07, 6.45) is 3.38. The second-order valence-corrected chi connectivity index (χ2v) is 4.08. The molecule has 0 amide bonds. The van der Waals surface area contributed by atoms with E-state index >= 15 is 0 Å². The molecule has 1 rings (SSSR count). The summed E-state index contributed by atoms with van der Waals surface area (Å²) < 4.78 is 13.1. The minimum Gasteiger partial charge on any atom is -0.303 e. The fraction of sp³-hybridized carbons (Fsp3) is 0.364. The minimum atomic E-state index is -0.159. The Balaban J connectivity index is 2.24. The molecule has 76 valence electrons. The largest absolute Gasteiger partial charge is 0.303 e. The zero-order chi connectivity index (χ0) is 10.2. The number of hydrogen-bond acceptors (Lipinski definition) is 2. The first-order chi connectivity index (χ1) is 6.84. The van der Waals surface area contributed by atoms with Gasteiger partial charge in [-0.3, -0.25) is 0 Å². The van der Waals surface area contributed by atoms with E-state index in [2.05, 4.69) is 0 Å². The van der Waals surface area contributed by atoms with E-state index in [0.29, 0.717) is 11.3 Å². The van der Waals surface area contributed by atoms with E-state index in [1.807, 2.05) is 6.07 Å². The van der Waals surface area contributed by atoms with Gasteiger partial charge in [-0.15, -0.1) is 11.8 Å². The molecule has 0 aliphatic carbocycles. The summed E-state index contributed by atoms with van der Waals surface area (Å²) in [5, 5.41) is 0. The van der Waals surface area contributed by atoms with Gasteiger partial charge in [0.2, 0.25) is 0 Å². The van der Waals surface area contributed by atoms with Gasteiger partial charge in [-0.2, -0.15) is 0 Å². The van der Waals surface area contributed by atoms with Crippen LogP contribution in [0.25, 0.3) is 0 Å². The van der Waals surface area contributed by atoms with Crippen LogP contribution in [0.4, 0.5) is 4.39 Å². The molecule has 14 heavy (non-hydrogen) atoms. The number of halogens is 1. The fourth-order valence-corrected chi connectivity index (χ4v) is 2.02. The molecule has 1 nitrogen and oxygen atoms in total. The summed E-state index contributed by atoms with van der Waals surface area (Å²) in [5.74, 6) is 0.710. The van der Waals surface area contributed by atoms with Gasteiger partial charge >= 0.3 is 0 Å². The molecule has 0 heterocycles. The molecule has 0 fully saturated rings. The molecule has 0 atom stereocenters. The summed E-state index contributed by atoms with van der Waals surface area (Å²) in [7, 11) is 0. The van der Waals surface area contributed by atoms with E-state index in [0.717, 1.165) is 24.9 Å². The predicted molar refractivity (Wildman–Crippen MR) is 57.0 cm³/mol. The van der Waals surface area contributed by atoms with Crippen molar-refractivity contribution in [2.45, 2.75) is 24.2 Å². The van der Waals surface area contributed by atoms with E-state index in [1.165, 1.54) is 17.8 Å². The molecule has 0 N–H and O–H groups in total. The average Bonchev–Trinajstić information content (AvgIpc) is 2.20. The summed E-state index contributed by atoms with van der Waals surface area (Å²) in [4.78, 5) is 10.7. The Hall–Kier alpha value is -0.830. The molecule has 0 aromatic heterocycles. The zero-order valence-electron chi connectivity index (χ0n) is 7.91. The standard InChI is InChI=1S/C11H13FOS/c12-10-6-2-3-7-11(10)14-9-5-1-4-8-13/h2-3,6-8H,1,4-5,9H2. The van der Waals surface area contributed by atoms with E-state index in [-0.39, 0.29) is 5.82 Å². The number of aldehydes is 1. The van der Waals surface area contributed by atoms with E-state index in [1.54, 1.807) is 12.1 Å². The maximum atomic E-state index is 13.1. The van der Waals surface area contributed by atoms with Crippen LogP contribution in [0, 0.1) is 5.82 Å². The van der Waals surface area contributed by atoms with Crippen LogP contribution in [-0.2, 0) is 4.79 Å². The SMILES string of the molecule is O=CCCCCSc1ccccc1F. The van der Waals surface area contributed by atoms with Gasteiger partial charge in [-0.25, -0.2) is 4.39 Å². The van der Waals surface area contributed by atoms with Crippen molar-refractivity contribution in [2.24, 2.45) is 0 Å². The van der Waals surface area contributed by atoms with Crippen LogP contribution in [0.2, 0.25) is 0 Å². The van der Waals surface area contributed by atoms with Gasteiger partial charge in [-0.1, -0.05) is 12.1 Å². The van der Waals surface area contributed by atoms with Crippen molar-refractivity contribution >= 4 is 18.0 Å². The topological polar surface area (TPSA) is 17.1 Å². The van der Waals surface area contributed by atoms with Crippen molar-refractivity contribution in [1.29, 1.82) is 0 Å². The maximum absolute atomic E-state index is 13.1. The first-order valence-corrected chi connectivity index (χ1v) is 5.64. The third-order valence-electron chi connectivity index (χ3n) is 1.81. The number of carbonyl (C=O) groups is 1. The van der Waals surface area contributed by atoms with Crippen LogP contribution < -0.4 is 0 Å². The maximum Gasteiger partial charge on any atom is 0.136 e. The lowest BCUT2D eigenvalue weighted by molar-refractivity contribution is -0.107. The second kappa shape index (κ2) is 6.60. The lowest BCUT2D eigenvalue weighted by Gasteiger charge is -2.01. The van der Waals surface area contributed by atoms with Crippen molar-refractivity contribution in [3.63, 3.8) is 0 Å². The van der Waals surface area contributed by atoms with Crippen LogP contribution in [0.3, 0.4) is 0 Å². The molecule has 0 saturated carbocycles. The average molecular weight is 212 g/mol. The van der Waals surface area contributed by atoms with Crippen LogP contribution in [0.5, 0.6) is 0 Å². The third kappa shape index (κ3) is 3.92. The van der Waals surface area contributed by atoms with Gasteiger partial charge < -0.3 is 4.79 Å². The summed E-state index contributed by atoms with van der Waals surface area (Å²) in [6, 6.07) is 6.76. The Bertz CT molecular complexity index is 288. The Morgan fingerprint density at radius 1 is 1.29 bits per heavy atom. The molecule has 0 aliphatic heterocycles. The highest BCUT2D eigenvalue weighted by molar-refractivity contribution is 7.99. The fourth-order valence-electron chi connectivity index (χ4n) is 1.07. The molecular formula is C11H13FOS. The number of unbranched alkanes of at least 4 members (excludes halogenated alkanes) is 2. The van der Waals surface area contributed by atoms with Crippen LogP contribution in [-0.4, -0.2) is 12.0 Å². The molecule has 0 bridgehead atoms. The molecular weight excluding hydrogens is 199 g/mol. The molecule has 0 spiro atoms. The summed E-state index contributed by atoms with van der Waals surface area (Å²) >= 11 is 1.51. The van der Waals surface area contributed by atoms with E-state index in [4.69, 9.17) is 0 Å². The van der Waals surface area contributed by atoms with Gasteiger partial charge in [0.1, 0.15) is 12.1 Å². The summed E-state index contributed by atoms with van der Waals surface area (Å²) in [6.45, 7) is 0. The lowest BCUT2D eigenvalue weighted by Crippen LogP contribution is -1.84. The van der Waals surface area contributed by atoms with Crippen LogP contribution in [0.1, 0.15) is 19.3 Å². The molecule has 1 aromatic carbocycles. The quantitative estimate of drug-likeness (QED) is 0.409. The van der Waals surface area contributed by atoms with Gasteiger partial charge in [0.05, 0.1) is 0 Å². The normalized spacial score (nSPS) is 10.1. The number of hydrogen-bond donors (Lipinski definition) is 0. The van der Waals surface area contributed by atoms with Gasteiger partial charge in [0.25, 0.3) is 0 Å². The van der Waals surface area contributed by atoms with Gasteiger partial charge in [0.15, 0.2) is 0 Å². The van der Waals surface area contributed by atoms with Crippen molar-refractivity contribution in [2.75, 3.05) is 5.75 Å². The zero-order valence-corrected chi connectivity index (χ0v) is 8.73. The number of thioether (sulfide) groups is 1. The first-order valence-electron chi connectivity index (χ1n) is 4.65. The number of rotatable bonds is 6. The van der Waals surface area contributed by atoms with E-state index in [9.17, 15) is 9.18 Å². The van der Waals surface area contributed by atoms with E-state index < -0.39 is 0 Å². The molecule has 0 aliphatic rings. The highest BCUT2D eigenvalue weighted by Gasteiger charge is 1.99. The van der Waals surface area contributed by atoms with Crippen molar-refractivity contribution < 1.29 is 9.18 Å². The molecule has 3 heteroatoms. The third-order valence-corrected chi connectivity index (χ3v) is 2.95. The lowest BCUT2D eigenvalue weighted by atomic mass is 10.3. The van der Waals surface area contributed by atoms with Crippen molar-refractivity contribution in [1.82, 2.24) is 0 Å². The second-order valence-electron chi connectivity index (χ2n) is 2.94. The Kier molecular flexibility index (Phi) is 5.30. The Labute approximate surface area is 87.7 Å². The molecule has 0 radical (unpaired) electrons.